The van der Waals surface area contributed by atoms with Crippen LogP contribution in [0.5, 0.6) is 0 Å². The summed E-state index contributed by atoms with van der Waals surface area (Å²) in [6, 6.07) is 43.7. The Labute approximate surface area is 356 Å². The number of hydrogen-bond acceptors (Lipinski definition) is 6. The van der Waals surface area contributed by atoms with Crippen molar-refractivity contribution >= 4 is 42.7 Å². The molecule has 0 unspecified atom stereocenters. The van der Waals surface area contributed by atoms with Crippen LogP contribution >= 0.6 is 22.7 Å². The maximum absolute atomic E-state index is 14.4. The molecule has 0 atom stereocenters. The highest BCUT2D eigenvalue weighted by Gasteiger charge is 2.35. The largest absolute Gasteiger partial charge is 0.243 e. The Morgan fingerprint density at radius 1 is 0.433 bits per heavy atom. The highest BCUT2D eigenvalue weighted by molar-refractivity contribution is 7.89. The number of hydrogen-bond donors (Lipinski definition) is 0. The molecule has 6 aromatic carbocycles. The Hall–Kier alpha value is -5.46. The smallest absolute Gasteiger partial charge is 0.207 e. The molecule has 11 rings (SSSR count). The van der Waals surface area contributed by atoms with Crippen LogP contribution in [-0.2, 0) is 46.2 Å². The molecule has 2 aromatic heterocycles. The normalized spacial score (nSPS) is 17.1. The molecule has 0 bridgehead atoms. The van der Waals surface area contributed by atoms with Crippen molar-refractivity contribution in [1.82, 2.24) is 8.61 Å². The lowest BCUT2D eigenvalue weighted by atomic mass is 9.91. The van der Waals surface area contributed by atoms with Gasteiger partial charge in [-0.2, -0.15) is 8.61 Å². The highest BCUT2D eigenvalue weighted by atomic mass is 32.2. The number of thiophene rings is 2. The Morgan fingerprint density at radius 2 is 0.800 bits per heavy atom. The van der Waals surface area contributed by atoms with Crippen LogP contribution in [0, 0.1) is 54.2 Å². The fourth-order valence-corrected chi connectivity index (χ4v) is 13.9. The van der Waals surface area contributed by atoms with Crippen molar-refractivity contribution in [2.24, 2.45) is 0 Å². The lowest BCUT2D eigenvalue weighted by molar-refractivity contribution is 0.431. The molecule has 0 N–H and O–H groups in total. The topological polar surface area (TPSA) is 74.8 Å². The second-order valence-corrected chi connectivity index (χ2v) is 21.5. The molecular formula is C50H38N2O4S4. The van der Waals surface area contributed by atoms with E-state index in [1.807, 2.05) is 74.5 Å². The number of nitrogens with zero attached hydrogens (tertiary/aromatic N) is 2. The van der Waals surface area contributed by atoms with Crippen molar-refractivity contribution < 1.29 is 16.8 Å². The van der Waals surface area contributed by atoms with Crippen LogP contribution in [0.4, 0.5) is 0 Å². The van der Waals surface area contributed by atoms with E-state index in [0.717, 1.165) is 96.0 Å². The van der Waals surface area contributed by atoms with Gasteiger partial charge in [-0.15, -0.1) is 22.7 Å². The fraction of sp³-hybridized carbons (Fsp3) is 0.120. The minimum Gasteiger partial charge on any atom is -0.207 e. The summed E-state index contributed by atoms with van der Waals surface area (Å²) in [7, 11) is -7.65. The summed E-state index contributed by atoms with van der Waals surface area (Å²) in [5.74, 6) is 0. The summed E-state index contributed by atoms with van der Waals surface area (Å²) < 4.78 is 63.2. The van der Waals surface area contributed by atoms with Crippen LogP contribution < -0.4 is 0 Å². The van der Waals surface area contributed by atoms with Crippen LogP contribution in [-0.4, -0.2) is 25.4 Å². The molecule has 0 amide bonds. The zero-order valence-corrected chi connectivity index (χ0v) is 36.1. The Bertz CT molecular complexity index is 3460. The van der Waals surface area contributed by atoms with E-state index in [-0.39, 0.29) is 36.0 Å². The van der Waals surface area contributed by atoms with Gasteiger partial charge in [0.05, 0.1) is 9.79 Å². The average Bonchev–Trinajstić information content (AvgIpc) is 4.10. The number of sulfonamides is 2. The van der Waals surface area contributed by atoms with E-state index < -0.39 is 20.0 Å². The third-order valence-electron chi connectivity index (χ3n) is 12.3. The Kier molecular flexibility index (Phi) is 8.79. The van der Waals surface area contributed by atoms with Gasteiger partial charge in [0, 0.05) is 56.1 Å². The van der Waals surface area contributed by atoms with Crippen LogP contribution in [0.3, 0.4) is 0 Å². The van der Waals surface area contributed by atoms with Gasteiger partial charge in [-0.3, -0.25) is 0 Å². The SMILES string of the molecule is Cc1ccc(S(=O)(=O)N2Cc3c(-c4ccccc4)cc4/c(c3C2)=c2/ccs/c2=c2\cc(-c3ccccc3)c3c(\c2=c2/ccs/c2=4)CN(S(=O)(=O)c2ccc(C)cc2)C3)cc1. The van der Waals surface area contributed by atoms with E-state index in [1.54, 1.807) is 55.5 Å². The predicted octanol–water partition coefficient (Wildman–Crippen LogP) is 10.6. The lowest BCUT2D eigenvalue weighted by Gasteiger charge is -2.16. The molecule has 10 heteroatoms. The molecule has 0 spiro atoms. The van der Waals surface area contributed by atoms with E-state index in [4.69, 9.17) is 0 Å². The first-order valence-corrected chi connectivity index (χ1v) is 24.5. The van der Waals surface area contributed by atoms with Crippen molar-refractivity contribution in [2.45, 2.75) is 49.8 Å². The standard InChI is InChI=1S/C50H38N2O4S4/c1-31-13-17-35(18-14-31)59(53,54)51-27-43-39(33-9-5-3-6-10-33)25-41-47(45(43)29-51)37-21-23-57-49(37)42-26-40(34-11-7-4-8-12-34)44-28-52(60(55,56)36-19-15-32(2)16-20-36)30-46(44)48(42)38-22-24-58-50(38)41/h3-26H,27-30H2,1-2H3/b47-37+,48-38+,49-42+,50-41+. The molecule has 1 aliphatic carbocycles. The molecule has 4 heterocycles. The van der Waals surface area contributed by atoms with E-state index in [0.29, 0.717) is 0 Å². The summed E-state index contributed by atoms with van der Waals surface area (Å²) in [5, 5.41) is 10.6. The lowest BCUT2D eigenvalue weighted by Crippen LogP contribution is -2.25. The van der Waals surface area contributed by atoms with Crippen molar-refractivity contribution in [2.75, 3.05) is 0 Å². The first kappa shape index (κ1) is 37.5. The van der Waals surface area contributed by atoms with Gasteiger partial charge in [0.2, 0.25) is 20.0 Å². The van der Waals surface area contributed by atoms with Crippen LogP contribution in [0.15, 0.2) is 154 Å². The van der Waals surface area contributed by atoms with E-state index in [1.165, 1.54) is 0 Å². The maximum atomic E-state index is 14.4. The fourth-order valence-electron chi connectivity index (χ4n) is 9.30. The zero-order chi connectivity index (χ0) is 40.9. The van der Waals surface area contributed by atoms with Gasteiger partial charge in [0.15, 0.2) is 0 Å². The van der Waals surface area contributed by atoms with Gasteiger partial charge in [-0.05, 0) is 128 Å². The van der Waals surface area contributed by atoms with E-state index in [9.17, 15) is 16.8 Å². The quantitative estimate of drug-likeness (QED) is 0.167. The predicted molar refractivity (Wildman–Crippen MR) is 238 cm³/mol. The molecule has 0 saturated heterocycles. The van der Waals surface area contributed by atoms with Gasteiger partial charge in [-0.1, -0.05) is 96.1 Å². The average molecular weight is 859 g/mol. The molecule has 2 aliphatic heterocycles. The van der Waals surface area contributed by atoms with Crippen molar-refractivity contribution in [3.8, 4) is 22.3 Å². The molecule has 6 nitrogen and oxygen atoms in total. The molecule has 0 fully saturated rings. The second kappa shape index (κ2) is 14.1. The van der Waals surface area contributed by atoms with Gasteiger partial charge in [0.1, 0.15) is 0 Å². The minimum atomic E-state index is -3.83. The Balaban J connectivity index is 1.27. The van der Waals surface area contributed by atoms with Gasteiger partial charge in [-0.25, -0.2) is 16.8 Å². The molecular weight excluding hydrogens is 821 g/mol. The van der Waals surface area contributed by atoms with Gasteiger partial charge in [0.25, 0.3) is 0 Å². The second-order valence-electron chi connectivity index (χ2n) is 15.8. The monoisotopic (exact) mass is 858 g/mol. The van der Waals surface area contributed by atoms with Gasteiger partial charge >= 0.3 is 0 Å². The molecule has 8 aromatic rings. The first-order valence-electron chi connectivity index (χ1n) is 19.9. The number of fused-ring (bicyclic) bond motifs is 8. The maximum Gasteiger partial charge on any atom is 0.243 e. The first-order chi connectivity index (χ1) is 29.1. The molecule has 60 heavy (non-hydrogen) atoms. The van der Waals surface area contributed by atoms with Crippen LogP contribution in [0.2, 0.25) is 0 Å². The summed E-state index contributed by atoms with van der Waals surface area (Å²) in [6.45, 7) is 4.91. The number of benzene rings is 6. The van der Waals surface area contributed by atoms with Crippen LogP contribution in [0.25, 0.3) is 22.3 Å². The number of aryl methyl sites for hydroxylation is 2. The molecule has 0 saturated carbocycles. The van der Waals surface area contributed by atoms with E-state index in [2.05, 4.69) is 59.3 Å². The highest BCUT2D eigenvalue weighted by Crippen LogP contribution is 2.41. The molecule has 0 radical (unpaired) electrons. The van der Waals surface area contributed by atoms with Crippen molar-refractivity contribution in [3.63, 3.8) is 0 Å². The summed E-state index contributed by atoms with van der Waals surface area (Å²) in [6.07, 6.45) is 0. The Morgan fingerprint density at radius 3 is 1.18 bits per heavy atom. The van der Waals surface area contributed by atoms with E-state index >= 15 is 0 Å². The van der Waals surface area contributed by atoms with Crippen LogP contribution in [0.1, 0.15) is 33.4 Å². The molecule has 3 aliphatic rings. The minimum absolute atomic E-state index is 0.239. The van der Waals surface area contributed by atoms with Gasteiger partial charge < -0.3 is 0 Å². The van der Waals surface area contributed by atoms with Crippen molar-refractivity contribution in [3.05, 3.63) is 218 Å². The summed E-state index contributed by atoms with van der Waals surface area (Å²) >= 11 is 3.35. The summed E-state index contributed by atoms with van der Waals surface area (Å²) in [5.41, 5.74) is 10.2. The third-order valence-corrected chi connectivity index (χ3v) is 17.8. The molecule has 296 valence electrons. The van der Waals surface area contributed by atoms with Crippen molar-refractivity contribution in [1.29, 1.82) is 0 Å². The summed E-state index contributed by atoms with van der Waals surface area (Å²) in [4.78, 5) is 0.577. The third kappa shape index (κ3) is 5.84. The number of rotatable bonds is 6. The zero-order valence-electron chi connectivity index (χ0n) is 32.8.